The highest BCUT2D eigenvalue weighted by atomic mass is 79.9. The number of halogens is 1. The monoisotopic (exact) mass is 308 g/mol. The Morgan fingerprint density at radius 3 is 3.00 bits per heavy atom. The van der Waals surface area contributed by atoms with Gasteiger partial charge in [-0.05, 0) is 31.2 Å². The van der Waals surface area contributed by atoms with Crippen LogP contribution in [-0.2, 0) is 16.0 Å². The smallest absolute Gasteiger partial charge is 0.311 e. The first kappa shape index (κ1) is 12.8. The van der Waals surface area contributed by atoms with E-state index in [1.807, 2.05) is 36.5 Å². The third-order valence-electron chi connectivity index (χ3n) is 2.35. The largest absolute Gasteiger partial charge is 0.466 e. The first-order valence-corrected chi connectivity index (χ1v) is 6.44. The molecule has 0 spiro atoms. The van der Waals surface area contributed by atoms with E-state index in [0.717, 1.165) is 10.2 Å². The molecule has 0 unspecified atom stereocenters. The third-order valence-corrected chi connectivity index (χ3v) is 2.84. The zero-order valence-electron chi connectivity index (χ0n) is 9.97. The van der Waals surface area contributed by atoms with Crippen molar-refractivity contribution in [3.8, 4) is 5.69 Å². The number of aromatic nitrogens is 2. The quantitative estimate of drug-likeness (QED) is 0.816. The van der Waals surface area contributed by atoms with Crippen LogP contribution in [0.15, 0.2) is 41.0 Å². The van der Waals surface area contributed by atoms with Crippen molar-refractivity contribution in [3.05, 3.63) is 46.7 Å². The van der Waals surface area contributed by atoms with E-state index in [4.69, 9.17) is 4.74 Å². The number of hydrogen-bond donors (Lipinski definition) is 0. The van der Waals surface area contributed by atoms with Gasteiger partial charge in [0.05, 0.1) is 24.4 Å². The first-order chi connectivity index (χ1) is 8.69. The van der Waals surface area contributed by atoms with E-state index in [2.05, 4.69) is 21.0 Å². The Hall–Kier alpha value is -1.62. The number of esters is 1. The Labute approximate surface area is 114 Å². The fourth-order valence-electron chi connectivity index (χ4n) is 1.58. The SMILES string of the molecule is CCOC(=O)Cc1ccn(-c2cccc(Br)c2)n1. The molecule has 1 heterocycles. The summed E-state index contributed by atoms with van der Waals surface area (Å²) in [6, 6.07) is 9.61. The molecule has 18 heavy (non-hydrogen) atoms. The minimum atomic E-state index is -0.253. The van der Waals surface area contributed by atoms with Crippen LogP contribution in [0.5, 0.6) is 0 Å². The molecule has 0 fully saturated rings. The summed E-state index contributed by atoms with van der Waals surface area (Å²) in [5.41, 5.74) is 1.65. The van der Waals surface area contributed by atoms with Gasteiger partial charge in [-0.2, -0.15) is 5.10 Å². The molecule has 0 bridgehead atoms. The zero-order chi connectivity index (χ0) is 13.0. The molecule has 2 rings (SSSR count). The Balaban J connectivity index is 2.13. The maximum Gasteiger partial charge on any atom is 0.311 e. The van der Waals surface area contributed by atoms with Gasteiger partial charge in [-0.3, -0.25) is 4.79 Å². The number of nitrogens with zero attached hydrogens (tertiary/aromatic N) is 2. The molecular weight excluding hydrogens is 296 g/mol. The van der Waals surface area contributed by atoms with Gasteiger partial charge in [0.1, 0.15) is 0 Å². The minimum absolute atomic E-state index is 0.203. The molecule has 0 amide bonds. The fourth-order valence-corrected chi connectivity index (χ4v) is 1.97. The molecule has 1 aromatic carbocycles. The van der Waals surface area contributed by atoms with Crippen molar-refractivity contribution in [2.24, 2.45) is 0 Å². The summed E-state index contributed by atoms with van der Waals surface area (Å²) in [5, 5.41) is 4.34. The van der Waals surface area contributed by atoms with Crippen molar-refractivity contribution in [2.45, 2.75) is 13.3 Å². The number of benzene rings is 1. The van der Waals surface area contributed by atoms with E-state index in [0.29, 0.717) is 12.3 Å². The molecular formula is C13H13BrN2O2. The second-order valence-corrected chi connectivity index (χ2v) is 4.63. The highest BCUT2D eigenvalue weighted by Crippen LogP contribution is 2.15. The van der Waals surface area contributed by atoms with Crippen LogP contribution in [0.25, 0.3) is 5.69 Å². The van der Waals surface area contributed by atoms with Crippen molar-refractivity contribution in [2.75, 3.05) is 6.61 Å². The first-order valence-electron chi connectivity index (χ1n) is 5.65. The molecule has 94 valence electrons. The molecule has 0 aliphatic heterocycles. The molecule has 0 saturated heterocycles. The highest BCUT2D eigenvalue weighted by Gasteiger charge is 2.07. The van der Waals surface area contributed by atoms with Crippen LogP contribution in [0.3, 0.4) is 0 Å². The molecule has 0 aliphatic carbocycles. The van der Waals surface area contributed by atoms with Gasteiger partial charge >= 0.3 is 5.97 Å². The molecule has 0 aliphatic rings. The lowest BCUT2D eigenvalue weighted by Gasteiger charge is -2.01. The third kappa shape index (κ3) is 3.20. The Morgan fingerprint density at radius 1 is 1.44 bits per heavy atom. The molecule has 0 radical (unpaired) electrons. The van der Waals surface area contributed by atoms with Crippen LogP contribution in [0.1, 0.15) is 12.6 Å². The van der Waals surface area contributed by atoms with Crippen molar-refractivity contribution in [1.29, 1.82) is 0 Å². The summed E-state index contributed by atoms with van der Waals surface area (Å²) in [4.78, 5) is 11.3. The van der Waals surface area contributed by atoms with Gasteiger partial charge in [-0.1, -0.05) is 22.0 Å². The van der Waals surface area contributed by atoms with Gasteiger partial charge in [0.25, 0.3) is 0 Å². The van der Waals surface area contributed by atoms with E-state index in [1.165, 1.54) is 0 Å². The average molecular weight is 309 g/mol. The Bertz CT molecular complexity index is 551. The van der Waals surface area contributed by atoms with Crippen LogP contribution in [0.4, 0.5) is 0 Å². The summed E-state index contributed by atoms with van der Waals surface area (Å²) in [5.74, 6) is -0.253. The molecule has 0 atom stereocenters. The summed E-state index contributed by atoms with van der Waals surface area (Å²) in [6.07, 6.45) is 2.03. The van der Waals surface area contributed by atoms with Gasteiger partial charge < -0.3 is 4.74 Å². The summed E-state index contributed by atoms with van der Waals surface area (Å²) >= 11 is 3.41. The standard InChI is InChI=1S/C13H13BrN2O2/c1-2-18-13(17)9-11-6-7-16(15-11)12-5-3-4-10(14)8-12/h3-8H,2,9H2,1H3. The lowest BCUT2D eigenvalue weighted by Crippen LogP contribution is -2.08. The normalized spacial score (nSPS) is 10.3. The van der Waals surface area contributed by atoms with Gasteiger partial charge in [-0.15, -0.1) is 0 Å². The zero-order valence-corrected chi connectivity index (χ0v) is 11.6. The van der Waals surface area contributed by atoms with Gasteiger partial charge in [-0.25, -0.2) is 4.68 Å². The van der Waals surface area contributed by atoms with Gasteiger partial charge in [0.15, 0.2) is 0 Å². The Kier molecular flexibility index (Phi) is 4.15. The second kappa shape index (κ2) is 5.82. The van der Waals surface area contributed by atoms with E-state index in [9.17, 15) is 4.79 Å². The van der Waals surface area contributed by atoms with Crippen LogP contribution >= 0.6 is 15.9 Å². The average Bonchev–Trinajstić information content (AvgIpc) is 2.78. The van der Waals surface area contributed by atoms with Crippen LogP contribution in [-0.4, -0.2) is 22.4 Å². The van der Waals surface area contributed by atoms with Gasteiger partial charge in [0.2, 0.25) is 0 Å². The number of carbonyl (C=O) groups excluding carboxylic acids is 1. The van der Waals surface area contributed by atoms with Crippen molar-refractivity contribution < 1.29 is 9.53 Å². The highest BCUT2D eigenvalue weighted by molar-refractivity contribution is 9.10. The molecule has 2 aromatic rings. The molecule has 1 aromatic heterocycles. The van der Waals surface area contributed by atoms with E-state index < -0.39 is 0 Å². The molecule has 5 heteroatoms. The predicted molar refractivity (Wildman–Crippen MR) is 71.6 cm³/mol. The summed E-state index contributed by atoms with van der Waals surface area (Å²) in [6.45, 7) is 2.18. The van der Waals surface area contributed by atoms with Crippen LogP contribution in [0.2, 0.25) is 0 Å². The van der Waals surface area contributed by atoms with E-state index >= 15 is 0 Å². The molecule has 0 saturated carbocycles. The maximum absolute atomic E-state index is 11.3. The topological polar surface area (TPSA) is 44.1 Å². The lowest BCUT2D eigenvalue weighted by molar-refractivity contribution is -0.142. The molecule has 0 N–H and O–H groups in total. The Morgan fingerprint density at radius 2 is 2.28 bits per heavy atom. The number of ether oxygens (including phenoxy) is 1. The number of hydrogen-bond acceptors (Lipinski definition) is 3. The predicted octanol–water partition coefficient (Wildman–Crippen LogP) is 2.74. The second-order valence-electron chi connectivity index (χ2n) is 3.71. The molecule has 4 nitrogen and oxygen atoms in total. The fraction of sp³-hybridized carbons (Fsp3) is 0.231. The van der Waals surface area contributed by atoms with E-state index in [-0.39, 0.29) is 12.4 Å². The number of carbonyl (C=O) groups is 1. The van der Waals surface area contributed by atoms with Crippen molar-refractivity contribution >= 4 is 21.9 Å². The maximum atomic E-state index is 11.3. The van der Waals surface area contributed by atoms with Crippen LogP contribution < -0.4 is 0 Å². The van der Waals surface area contributed by atoms with Gasteiger partial charge in [0, 0.05) is 10.7 Å². The summed E-state index contributed by atoms with van der Waals surface area (Å²) < 4.78 is 7.61. The minimum Gasteiger partial charge on any atom is -0.466 e. The van der Waals surface area contributed by atoms with Crippen molar-refractivity contribution in [1.82, 2.24) is 9.78 Å². The van der Waals surface area contributed by atoms with E-state index in [1.54, 1.807) is 11.6 Å². The lowest BCUT2D eigenvalue weighted by atomic mass is 10.3. The number of rotatable bonds is 4. The van der Waals surface area contributed by atoms with Crippen molar-refractivity contribution in [3.63, 3.8) is 0 Å². The summed E-state index contributed by atoms with van der Waals surface area (Å²) in [7, 11) is 0. The van der Waals surface area contributed by atoms with Crippen LogP contribution in [0, 0.1) is 0 Å².